The molecule has 0 aliphatic carbocycles. The van der Waals surface area contributed by atoms with Crippen LogP contribution in [0, 0.1) is 0 Å². The lowest BCUT2D eigenvalue weighted by Gasteiger charge is -2.32. The zero-order valence-electron chi connectivity index (χ0n) is 11.2. The Morgan fingerprint density at radius 1 is 1.39 bits per heavy atom. The van der Waals surface area contributed by atoms with Crippen LogP contribution < -0.4 is 5.73 Å². The molecule has 1 heterocycles. The third kappa shape index (κ3) is 4.01. The number of hydrogen-bond acceptors (Lipinski definition) is 3. The van der Waals surface area contributed by atoms with Crippen LogP contribution >= 0.6 is 11.8 Å². The summed E-state index contributed by atoms with van der Waals surface area (Å²) < 4.78 is 0. The molecule has 3 heteroatoms. The van der Waals surface area contributed by atoms with Crippen LogP contribution in [0.15, 0.2) is 30.3 Å². The van der Waals surface area contributed by atoms with Gasteiger partial charge in [-0.2, -0.15) is 11.8 Å². The molecule has 2 unspecified atom stereocenters. The van der Waals surface area contributed by atoms with E-state index in [1.54, 1.807) is 0 Å². The molecule has 0 bridgehead atoms. The first-order chi connectivity index (χ1) is 8.79. The minimum absolute atomic E-state index is 0.181. The second kappa shape index (κ2) is 7.17. The maximum atomic E-state index is 6.25. The van der Waals surface area contributed by atoms with E-state index in [2.05, 4.69) is 47.9 Å². The van der Waals surface area contributed by atoms with Gasteiger partial charge in [-0.25, -0.2) is 0 Å². The first-order valence-corrected chi connectivity index (χ1v) is 7.99. The van der Waals surface area contributed by atoms with Crippen molar-refractivity contribution in [2.24, 2.45) is 5.73 Å². The third-order valence-corrected chi connectivity index (χ3v) is 5.03. The molecule has 2 N–H and O–H groups in total. The minimum atomic E-state index is 0.181. The maximum absolute atomic E-state index is 6.25. The van der Waals surface area contributed by atoms with Gasteiger partial charge in [0, 0.05) is 36.7 Å². The minimum Gasteiger partial charge on any atom is -0.324 e. The van der Waals surface area contributed by atoms with Crippen molar-refractivity contribution >= 4 is 11.8 Å². The summed E-state index contributed by atoms with van der Waals surface area (Å²) in [6.45, 7) is 5.88. The van der Waals surface area contributed by atoms with Crippen LogP contribution in [0.2, 0.25) is 0 Å². The highest BCUT2D eigenvalue weighted by atomic mass is 32.2. The molecule has 2 rings (SSSR count). The SMILES string of the molecule is CCC1CN(CCC(N)c2ccccc2)CCS1. The van der Waals surface area contributed by atoms with Crippen LogP contribution in [-0.4, -0.2) is 35.5 Å². The summed E-state index contributed by atoms with van der Waals surface area (Å²) >= 11 is 2.12. The molecule has 0 spiro atoms. The van der Waals surface area contributed by atoms with Crippen LogP contribution in [0.3, 0.4) is 0 Å². The Labute approximate surface area is 115 Å². The van der Waals surface area contributed by atoms with E-state index in [0.29, 0.717) is 0 Å². The average Bonchev–Trinajstić information content (AvgIpc) is 2.46. The number of nitrogens with two attached hydrogens (primary N) is 1. The highest BCUT2D eigenvalue weighted by Crippen LogP contribution is 2.22. The lowest BCUT2D eigenvalue weighted by Crippen LogP contribution is -2.39. The Morgan fingerprint density at radius 3 is 2.89 bits per heavy atom. The van der Waals surface area contributed by atoms with Crippen molar-refractivity contribution in [1.29, 1.82) is 0 Å². The first kappa shape index (κ1) is 13.9. The monoisotopic (exact) mass is 264 g/mol. The fourth-order valence-corrected chi connectivity index (χ4v) is 3.67. The highest BCUT2D eigenvalue weighted by molar-refractivity contribution is 8.00. The van der Waals surface area contributed by atoms with Gasteiger partial charge in [-0.15, -0.1) is 0 Å². The predicted molar refractivity (Wildman–Crippen MR) is 81.0 cm³/mol. The lowest BCUT2D eigenvalue weighted by atomic mass is 10.0. The molecule has 2 atom stereocenters. The van der Waals surface area contributed by atoms with Gasteiger partial charge in [0.15, 0.2) is 0 Å². The van der Waals surface area contributed by atoms with Gasteiger partial charge < -0.3 is 10.6 Å². The fourth-order valence-electron chi connectivity index (χ4n) is 2.42. The molecule has 0 amide bonds. The van der Waals surface area contributed by atoms with Crippen molar-refractivity contribution in [2.45, 2.75) is 31.1 Å². The molecule has 0 saturated carbocycles. The van der Waals surface area contributed by atoms with Gasteiger partial charge >= 0.3 is 0 Å². The van der Waals surface area contributed by atoms with E-state index in [1.807, 2.05) is 6.07 Å². The Bertz CT molecular complexity index is 342. The normalized spacial score (nSPS) is 22.9. The van der Waals surface area contributed by atoms with Gasteiger partial charge in [-0.3, -0.25) is 0 Å². The largest absolute Gasteiger partial charge is 0.324 e. The third-order valence-electron chi connectivity index (χ3n) is 3.66. The average molecular weight is 264 g/mol. The Kier molecular flexibility index (Phi) is 5.54. The Balaban J connectivity index is 1.77. The van der Waals surface area contributed by atoms with Crippen LogP contribution in [0.25, 0.3) is 0 Å². The molecule has 1 fully saturated rings. The quantitative estimate of drug-likeness (QED) is 0.886. The van der Waals surface area contributed by atoms with Crippen molar-refractivity contribution in [3.05, 3.63) is 35.9 Å². The van der Waals surface area contributed by atoms with Crippen molar-refractivity contribution in [3.8, 4) is 0 Å². The number of hydrogen-bond donors (Lipinski definition) is 1. The highest BCUT2D eigenvalue weighted by Gasteiger charge is 2.19. The molecule has 1 aromatic carbocycles. The van der Waals surface area contributed by atoms with E-state index in [1.165, 1.54) is 30.8 Å². The molecular formula is C15H24N2S. The van der Waals surface area contributed by atoms with Crippen LogP contribution in [0.5, 0.6) is 0 Å². The van der Waals surface area contributed by atoms with Gasteiger partial charge in [-0.1, -0.05) is 37.3 Å². The summed E-state index contributed by atoms with van der Waals surface area (Å²) in [5, 5.41) is 0.826. The van der Waals surface area contributed by atoms with Crippen molar-refractivity contribution in [2.75, 3.05) is 25.4 Å². The van der Waals surface area contributed by atoms with E-state index >= 15 is 0 Å². The number of rotatable bonds is 5. The molecule has 18 heavy (non-hydrogen) atoms. The summed E-state index contributed by atoms with van der Waals surface area (Å²) in [4.78, 5) is 2.58. The topological polar surface area (TPSA) is 29.3 Å². The van der Waals surface area contributed by atoms with Gasteiger partial charge in [0.2, 0.25) is 0 Å². The van der Waals surface area contributed by atoms with Crippen molar-refractivity contribution in [3.63, 3.8) is 0 Å². The molecule has 0 radical (unpaired) electrons. The lowest BCUT2D eigenvalue weighted by molar-refractivity contribution is 0.270. The summed E-state index contributed by atoms with van der Waals surface area (Å²) in [6.07, 6.45) is 2.34. The molecule has 2 nitrogen and oxygen atoms in total. The second-order valence-corrected chi connectivity index (χ2v) is 6.42. The second-order valence-electron chi connectivity index (χ2n) is 5.01. The molecular weight excluding hydrogens is 240 g/mol. The zero-order valence-corrected chi connectivity index (χ0v) is 12.0. The summed E-state index contributed by atoms with van der Waals surface area (Å²) in [5.74, 6) is 1.28. The summed E-state index contributed by atoms with van der Waals surface area (Å²) in [5.41, 5.74) is 7.51. The van der Waals surface area contributed by atoms with Crippen LogP contribution in [-0.2, 0) is 0 Å². The molecule has 1 aliphatic heterocycles. The Hall–Kier alpha value is -0.510. The van der Waals surface area contributed by atoms with Crippen LogP contribution in [0.4, 0.5) is 0 Å². The number of nitrogens with zero attached hydrogens (tertiary/aromatic N) is 1. The van der Waals surface area contributed by atoms with E-state index in [-0.39, 0.29) is 6.04 Å². The van der Waals surface area contributed by atoms with Crippen molar-refractivity contribution < 1.29 is 0 Å². The first-order valence-electron chi connectivity index (χ1n) is 6.94. The zero-order chi connectivity index (χ0) is 12.8. The van der Waals surface area contributed by atoms with E-state index in [4.69, 9.17) is 5.73 Å². The molecule has 100 valence electrons. The predicted octanol–water partition coefficient (Wildman–Crippen LogP) is 2.90. The standard InChI is InChI=1S/C15H24N2S/c1-2-14-12-17(10-11-18-14)9-8-15(16)13-6-4-3-5-7-13/h3-7,14-15H,2,8-12,16H2,1H3. The molecule has 1 aromatic rings. The smallest absolute Gasteiger partial charge is 0.0307 e. The molecule has 1 saturated heterocycles. The number of thioether (sulfide) groups is 1. The van der Waals surface area contributed by atoms with E-state index < -0.39 is 0 Å². The van der Waals surface area contributed by atoms with E-state index in [9.17, 15) is 0 Å². The van der Waals surface area contributed by atoms with Gasteiger partial charge in [-0.05, 0) is 18.4 Å². The Morgan fingerprint density at radius 2 is 2.17 bits per heavy atom. The van der Waals surface area contributed by atoms with Gasteiger partial charge in [0.25, 0.3) is 0 Å². The maximum Gasteiger partial charge on any atom is 0.0307 e. The summed E-state index contributed by atoms with van der Waals surface area (Å²) in [6, 6.07) is 10.6. The number of benzene rings is 1. The molecule has 0 aromatic heterocycles. The fraction of sp³-hybridized carbons (Fsp3) is 0.600. The van der Waals surface area contributed by atoms with Gasteiger partial charge in [0.1, 0.15) is 0 Å². The van der Waals surface area contributed by atoms with E-state index in [0.717, 1.165) is 18.2 Å². The van der Waals surface area contributed by atoms with Crippen molar-refractivity contribution in [1.82, 2.24) is 4.90 Å². The summed E-state index contributed by atoms with van der Waals surface area (Å²) in [7, 11) is 0. The van der Waals surface area contributed by atoms with Crippen LogP contribution in [0.1, 0.15) is 31.4 Å². The van der Waals surface area contributed by atoms with Gasteiger partial charge in [0.05, 0.1) is 0 Å². The molecule has 1 aliphatic rings.